The minimum atomic E-state index is 0.470. The number of aromatic nitrogens is 8. The van der Waals surface area contributed by atoms with Crippen LogP contribution in [-0.4, -0.2) is 47.0 Å². The lowest BCUT2D eigenvalue weighted by molar-refractivity contribution is 0.415. The number of hydrogen-bond acceptors (Lipinski definition) is 3. The van der Waals surface area contributed by atoms with Crippen molar-refractivity contribution in [2.45, 2.75) is 126 Å². The van der Waals surface area contributed by atoms with Crippen molar-refractivity contribution < 1.29 is 4.74 Å². The van der Waals surface area contributed by atoms with Crippen molar-refractivity contribution in [1.82, 2.24) is 39.9 Å². The van der Waals surface area contributed by atoms with E-state index in [2.05, 4.69) is 233 Å². The smallest absolute Gasteiger partial charge is 0.119 e. The summed E-state index contributed by atoms with van der Waals surface area (Å²) in [4.78, 5) is 27.9. The molecule has 11 rings (SSSR count). The van der Waals surface area contributed by atoms with Crippen molar-refractivity contribution >= 4 is 54.6 Å². The van der Waals surface area contributed by atoms with E-state index in [-0.39, 0.29) is 0 Å². The highest BCUT2D eigenvalue weighted by molar-refractivity contribution is 5.86. The molecule has 0 bridgehead atoms. The highest BCUT2D eigenvalue weighted by Crippen LogP contribution is 2.29. The molecule has 6 N–H and O–H groups in total. The van der Waals surface area contributed by atoms with Crippen LogP contribution in [0.15, 0.2) is 146 Å². The topological polar surface area (TPSA) is 130 Å². The van der Waals surface area contributed by atoms with Crippen molar-refractivity contribution in [1.29, 1.82) is 0 Å². The molecule has 9 heteroatoms. The predicted molar refractivity (Wildman–Crippen MR) is 304 cm³/mol. The first-order valence-electron chi connectivity index (χ1n) is 25.3. The second-order valence-corrected chi connectivity index (χ2v) is 20.1. The number of rotatable bonds is 7. The minimum Gasteiger partial charge on any atom is -0.497 e. The Labute approximate surface area is 421 Å². The van der Waals surface area contributed by atoms with Crippen molar-refractivity contribution in [3.8, 4) is 5.75 Å². The number of benzene rings is 5. The van der Waals surface area contributed by atoms with Gasteiger partial charge < -0.3 is 34.6 Å². The summed E-state index contributed by atoms with van der Waals surface area (Å²) in [5.41, 5.74) is 15.1. The van der Waals surface area contributed by atoms with Crippen molar-refractivity contribution in [2.75, 3.05) is 7.11 Å². The van der Waals surface area contributed by atoms with E-state index in [1.54, 1.807) is 13.4 Å². The average Bonchev–Trinajstić information content (AvgIpc) is 4.22. The van der Waals surface area contributed by atoms with Gasteiger partial charge in [-0.2, -0.15) is 0 Å². The zero-order chi connectivity index (χ0) is 51.2. The van der Waals surface area contributed by atoms with Crippen LogP contribution in [0.2, 0.25) is 0 Å². The maximum absolute atomic E-state index is 5.21. The number of hydrogen-bond donors (Lipinski definition) is 6. The van der Waals surface area contributed by atoms with Crippen LogP contribution in [0.5, 0.6) is 5.75 Å². The maximum atomic E-state index is 5.21. The monoisotopic (exact) mass is 951 g/mol. The Morgan fingerprint density at radius 2 is 0.986 bits per heavy atom. The Morgan fingerprint density at radius 3 is 1.54 bits per heavy atom. The fourth-order valence-corrected chi connectivity index (χ4v) is 8.27. The fraction of sp³-hybridized carbons (Fsp3) is 0.323. The van der Waals surface area contributed by atoms with Crippen LogP contribution < -0.4 is 4.74 Å². The van der Waals surface area contributed by atoms with Gasteiger partial charge >= 0.3 is 0 Å². The molecule has 6 heterocycles. The number of nitrogens with zero attached hydrogens (tertiary/aromatic N) is 2. The number of aromatic amines is 6. The number of ether oxygens (including phenoxy) is 1. The number of imidazole rings is 2. The SMILES string of the molecule is CC(C)c1c[nH]c2ccccc12.CC(C)c1cc2ccccc2[nH]1.CC(C)c1cnc[nH]1.CC(C)c1nc2ccccc2[nH]1.COc1ccc2[nH]cc(C(C)C)c2c1.Cc1ccc2c(C(C)C)c[nH]c2c1. The molecule has 0 atom stereocenters. The molecule has 11 aromatic rings. The molecule has 5 aromatic carbocycles. The zero-order valence-corrected chi connectivity index (χ0v) is 44.6. The van der Waals surface area contributed by atoms with Crippen LogP contribution in [0.4, 0.5) is 0 Å². The van der Waals surface area contributed by atoms with E-state index in [0.717, 1.165) is 22.6 Å². The number of H-pyrrole nitrogens is 6. The second kappa shape index (κ2) is 25.0. The van der Waals surface area contributed by atoms with Crippen LogP contribution in [0.3, 0.4) is 0 Å². The van der Waals surface area contributed by atoms with E-state index in [9.17, 15) is 0 Å². The molecule has 6 aromatic heterocycles. The van der Waals surface area contributed by atoms with E-state index < -0.39 is 0 Å². The van der Waals surface area contributed by atoms with Gasteiger partial charge in [-0.1, -0.05) is 144 Å². The molecule has 9 nitrogen and oxygen atoms in total. The molecule has 71 heavy (non-hydrogen) atoms. The quantitative estimate of drug-likeness (QED) is 0.0951. The lowest BCUT2D eigenvalue weighted by Crippen LogP contribution is -1.88. The number of fused-ring (bicyclic) bond motifs is 5. The first kappa shape index (κ1) is 53.1. The molecular formula is C62H78N8O. The molecular weight excluding hydrogens is 873 g/mol. The highest BCUT2D eigenvalue weighted by Gasteiger charge is 2.10. The summed E-state index contributed by atoms with van der Waals surface area (Å²) in [6.07, 6.45) is 9.86. The molecule has 372 valence electrons. The second-order valence-electron chi connectivity index (χ2n) is 20.1. The first-order chi connectivity index (χ1) is 34.0. The van der Waals surface area contributed by atoms with Gasteiger partial charge in [0.2, 0.25) is 0 Å². The highest BCUT2D eigenvalue weighted by atomic mass is 16.5. The van der Waals surface area contributed by atoms with Gasteiger partial charge in [0.05, 0.1) is 24.5 Å². The summed E-state index contributed by atoms with van der Waals surface area (Å²) in [5.74, 6) is 5.33. The molecule has 0 amide bonds. The Kier molecular flexibility index (Phi) is 18.7. The Balaban J connectivity index is 0.000000140. The summed E-state index contributed by atoms with van der Waals surface area (Å²) in [7, 11) is 1.70. The number of methoxy groups -OCH3 is 1. The van der Waals surface area contributed by atoms with Gasteiger partial charge in [-0.3, -0.25) is 0 Å². The van der Waals surface area contributed by atoms with Crippen LogP contribution in [0.25, 0.3) is 54.6 Å². The number of aryl methyl sites for hydroxylation is 1. The normalized spacial score (nSPS) is 11.2. The lowest BCUT2D eigenvalue weighted by atomic mass is 10.0. The molecule has 0 spiro atoms. The van der Waals surface area contributed by atoms with E-state index in [4.69, 9.17) is 4.74 Å². The van der Waals surface area contributed by atoms with Crippen LogP contribution in [0.1, 0.15) is 158 Å². The molecule has 0 aliphatic carbocycles. The lowest BCUT2D eigenvalue weighted by Gasteiger charge is -2.03. The van der Waals surface area contributed by atoms with E-state index in [1.807, 2.05) is 36.5 Å². The third-order valence-corrected chi connectivity index (χ3v) is 12.5. The van der Waals surface area contributed by atoms with E-state index in [1.165, 1.54) is 77.3 Å². The van der Waals surface area contributed by atoms with Gasteiger partial charge in [0, 0.05) is 80.3 Å². The molecule has 0 unspecified atom stereocenters. The van der Waals surface area contributed by atoms with Crippen molar-refractivity contribution in [3.05, 3.63) is 186 Å². The Morgan fingerprint density at radius 1 is 0.437 bits per heavy atom. The molecule has 0 aliphatic rings. The van der Waals surface area contributed by atoms with Gasteiger partial charge in [-0.25, -0.2) is 9.97 Å². The molecule has 0 fully saturated rings. The van der Waals surface area contributed by atoms with E-state index >= 15 is 0 Å². The van der Waals surface area contributed by atoms with Crippen molar-refractivity contribution in [2.24, 2.45) is 0 Å². The third kappa shape index (κ3) is 14.2. The summed E-state index contributed by atoms with van der Waals surface area (Å²) in [5, 5.41) is 5.29. The minimum absolute atomic E-state index is 0.470. The number of nitrogens with one attached hydrogen (secondary N) is 6. The van der Waals surface area contributed by atoms with Gasteiger partial charge in [-0.15, -0.1) is 0 Å². The summed E-state index contributed by atoms with van der Waals surface area (Å²) in [6.45, 7) is 28.3. The number of para-hydroxylation sites is 4. The van der Waals surface area contributed by atoms with Crippen LogP contribution >= 0.6 is 0 Å². The molecule has 0 saturated heterocycles. The predicted octanol–water partition coefficient (Wildman–Crippen LogP) is 17.7. The Hall–Kier alpha value is -7.26. The largest absolute Gasteiger partial charge is 0.497 e. The summed E-state index contributed by atoms with van der Waals surface area (Å²) in [6, 6.07) is 39.8. The van der Waals surface area contributed by atoms with Gasteiger partial charge in [-0.05, 0) is 119 Å². The standard InChI is InChI=1S/C12H15NO.C12H15N.2C11H13N.C10H12N2.C6H10N2/c1-8(2)11-7-13-12-5-4-9(14-3)6-10(11)12;1-8(2)11-7-13-12-6-9(3)4-5-10(11)12;1-8(2)10-7-12-11-6-4-3-5-9(10)11;1-8(2)11-7-9-5-3-4-6-10(9)12-11;1-7(2)10-11-8-5-3-4-6-9(8)12-10;1-5(2)6-3-7-4-8-6/h4-8,13H,1-3H3;4-8,13H,1-3H3;2*3-8,12H,1-2H3;3-7H,1-2H3,(H,11,12);3-5H,1-2H3,(H,7,8). The molecule has 0 saturated carbocycles. The molecule has 0 aliphatic heterocycles. The summed E-state index contributed by atoms with van der Waals surface area (Å²) < 4.78 is 5.21. The van der Waals surface area contributed by atoms with Gasteiger partial charge in [0.15, 0.2) is 0 Å². The van der Waals surface area contributed by atoms with E-state index in [0.29, 0.717) is 35.5 Å². The fourth-order valence-electron chi connectivity index (χ4n) is 8.27. The van der Waals surface area contributed by atoms with Crippen LogP contribution in [-0.2, 0) is 0 Å². The molecule has 0 radical (unpaired) electrons. The van der Waals surface area contributed by atoms with Crippen LogP contribution in [0, 0.1) is 6.92 Å². The summed E-state index contributed by atoms with van der Waals surface area (Å²) >= 11 is 0. The average molecular weight is 951 g/mol. The maximum Gasteiger partial charge on any atom is 0.119 e. The van der Waals surface area contributed by atoms with Gasteiger partial charge in [0.25, 0.3) is 0 Å². The Bertz CT molecular complexity index is 3140. The van der Waals surface area contributed by atoms with Crippen molar-refractivity contribution in [3.63, 3.8) is 0 Å². The third-order valence-electron chi connectivity index (χ3n) is 12.5. The zero-order valence-electron chi connectivity index (χ0n) is 44.6. The first-order valence-corrected chi connectivity index (χ1v) is 25.3. The van der Waals surface area contributed by atoms with Gasteiger partial charge in [0.1, 0.15) is 11.6 Å².